The Balaban J connectivity index is 0.00000225. The third-order valence-corrected chi connectivity index (χ3v) is 1.82. The number of nitrogens with one attached hydrogen (secondary N) is 1. The van der Waals surface area contributed by atoms with Crippen LogP contribution in [0.25, 0.3) is 0 Å². The summed E-state index contributed by atoms with van der Waals surface area (Å²) < 4.78 is 17.3. The van der Waals surface area contributed by atoms with Crippen LogP contribution in [-0.4, -0.2) is 19.1 Å². The van der Waals surface area contributed by atoms with Crippen LogP contribution in [0.15, 0.2) is 24.3 Å². The molecule has 1 N–H and O–H groups in total. The van der Waals surface area contributed by atoms with Crippen LogP contribution in [0.3, 0.4) is 0 Å². The van der Waals surface area contributed by atoms with E-state index in [0.717, 1.165) is 5.56 Å². The fraction of sp³-hybridized carbons (Fsp3) is 0.364. The van der Waals surface area contributed by atoms with Gasteiger partial charge in [-0.15, -0.1) is 12.4 Å². The number of ether oxygens (including phenoxy) is 1. The van der Waals surface area contributed by atoms with E-state index >= 15 is 0 Å². The molecular weight excluding hydrogens is 233 g/mol. The standard InChI is InChI=1S/C11H14FNO2.ClH/c1-2-15-11(14)8-13-7-9-3-5-10(12)6-4-9;/h3-6,13H,2,7-8H2,1H3;1H. The molecule has 90 valence electrons. The van der Waals surface area contributed by atoms with Gasteiger partial charge in [0.15, 0.2) is 0 Å². The summed E-state index contributed by atoms with van der Waals surface area (Å²) in [4.78, 5) is 10.9. The summed E-state index contributed by atoms with van der Waals surface area (Å²) in [6.45, 7) is 2.85. The first kappa shape index (κ1) is 14.9. The van der Waals surface area contributed by atoms with Gasteiger partial charge in [0.2, 0.25) is 0 Å². The van der Waals surface area contributed by atoms with Crippen LogP contribution in [0.4, 0.5) is 4.39 Å². The maximum atomic E-state index is 12.5. The molecule has 1 aromatic carbocycles. The van der Waals surface area contributed by atoms with Gasteiger partial charge in [0.05, 0.1) is 13.2 Å². The Morgan fingerprint density at radius 2 is 2.00 bits per heavy atom. The zero-order valence-electron chi connectivity index (χ0n) is 9.03. The number of carbonyl (C=O) groups excluding carboxylic acids is 1. The fourth-order valence-electron chi connectivity index (χ4n) is 1.12. The first-order chi connectivity index (χ1) is 7.22. The molecule has 0 saturated carbocycles. The molecule has 0 spiro atoms. The maximum Gasteiger partial charge on any atom is 0.319 e. The van der Waals surface area contributed by atoms with E-state index in [1.165, 1.54) is 12.1 Å². The molecule has 0 bridgehead atoms. The van der Waals surface area contributed by atoms with Crippen molar-refractivity contribution in [3.63, 3.8) is 0 Å². The van der Waals surface area contributed by atoms with Crippen molar-refractivity contribution in [2.45, 2.75) is 13.5 Å². The Morgan fingerprint density at radius 1 is 1.38 bits per heavy atom. The Hall–Kier alpha value is -1.13. The van der Waals surface area contributed by atoms with Gasteiger partial charge >= 0.3 is 5.97 Å². The Morgan fingerprint density at radius 3 is 2.56 bits per heavy atom. The molecular formula is C11H15ClFNO2. The van der Waals surface area contributed by atoms with E-state index < -0.39 is 0 Å². The van der Waals surface area contributed by atoms with Gasteiger partial charge in [-0.2, -0.15) is 0 Å². The number of rotatable bonds is 5. The minimum absolute atomic E-state index is 0. The van der Waals surface area contributed by atoms with Crippen molar-refractivity contribution >= 4 is 18.4 Å². The molecule has 0 unspecified atom stereocenters. The van der Waals surface area contributed by atoms with Crippen LogP contribution in [0.2, 0.25) is 0 Å². The molecule has 0 fully saturated rings. The van der Waals surface area contributed by atoms with E-state index in [1.807, 2.05) is 0 Å². The lowest BCUT2D eigenvalue weighted by atomic mass is 10.2. The fourth-order valence-corrected chi connectivity index (χ4v) is 1.12. The third-order valence-electron chi connectivity index (χ3n) is 1.82. The van der Waals surface area contributed by atoms with E-state index in [2.05, 4.69) is 5.32 Å². The highest BCUT2D eigenvalue weighted by molar-refractivity contribution is 5.85. The second kappa shape index (κ2) is 8.07. The van der Waals surface area contributed by atoms with E-state index in [1.54, 1.807) is 19.1 Å². The average molecular weight is 248 g/mol. The molecule has 1 aromatic rings. The second-order valence-corrected chi connectivity index (χ2v) is 3.04. The van der Waals surface area contributed by atoms with Crippen LogP contribution < -0.4 is 5.32 Å². The quantitative estimate of drug-likeness (QED) is 0.808. The highest BCUT2D eigenvalue weighted by Gasteiger charge is 2.00. The van der Waals surface area contributed by atoms with Crippen molar-refractivity contribution in [1.29, 1.82) is 0 Å². The Labute approximate surface area is 100 Å². The van der Waals surface area contributed by atoms with Crippen molar-refractivity contribution in [2.75, 3.05) is 13.2 Å². The lowest BCUT2D eigenvalue weighted by molar-refractivity contribution is -0.142. The third kappa shape index (κ3) is 5.68. The van der Waals surface area contributed by atoms with Crippen molar-refractivity contribution < 1.29 is 13.9 Å². The first-order valence-corrected chi connectivity index (χ1v) is 4.83. The van der Waals surface area contributed by atoms with Crippen molar-refractivity contribution in [3.05, 3.63) is 35.6 Å². The van der Waals surface area contributed by atoms with Crippen LogP contribution in [-0.2, 0) is 16.1 Å². The number of carbonyl (C=O) groups is 1. The Bertz CT molecular complexity index is 316. The summed E-state index contributed by atoms with van der Waals surface area (Å²) in [5, 5.41) is 2.91. The highest BCUT2D eigenvalue weighted by Crippen LogP contribution is 2.01. The zero-order valence-corrected chi connectivity index (χ0v) is 9.85. The summed E-state index contributed by atoms with van der Waals surface area (Å²) in [6, 6.07) is 6.13. The average Bonchev–Trinajstić information content (AvgIpc) is 2.21. The van der Waals surface area contributed by atoms with Gasteiger partial charge in [0, 0.05) is 6.54 Å². The predicted molar refractivity (Wildman–Crippen MR) is 62.0 cm³/mol. The summed E-state index contributed by atoms with van der Waals surface area (Å²) in [7, 11) is 0. The van der Waals surface area contributed by atoms with Crippen molar-refractivity contribution in [1.82, 2.24) is 5.32 Å². The Kier molecular flexibility index (Phi) is 7.50. The molecule has 1 rings (SSSR count). The van der Waals surface area contributed by atoms with Crippen LogP contribution in [0, 0.1) is 5.82 Å². The van der Waals surface area contributed by atoms with Gasteiger partial charge in [-0.1, -0.05) is 12.1 Å². The van der Waals surface area contributed by atoms with Gasteiger partial charge in [0.25, 0.3) is 0 Å². The molecule has 0 aromatic heterocycles. The van der Waals surface area contributed by atoms with Crippen molar-refractivity contribution in [3.8, 4) is 0 Å². The molecule has 0 aliphatic rings. The molecule has 0 radical (unpaired) electrons. The van der Waals surface area contributed by atoms with E-state index in [9.17, 15) is 9.18 Å². The van der Waals surface area contributed by atoms with Gasteiger partial charge < -0.3 is 10.1 Å². The lowest BCUT2D eigenvalue weighted by Gasteiger charge is -2.04. The number of hydrogen-bond acceptors (Lipinski definition) is 3. The topological polar surface area (TPSA) is 38.3 Å². The van der Waals surface area contributed by atoms with Crippen molar-refractivity contribution in [2.24, 2.45) is 0 Å². The van der Waals surface area contributed by atoms with Crippen LogP contribution in [0.1, 0.15) is 12.5 Å². The predicted octanol–water partition coefficient (Wildman–Crippen LogP) is 1.90. The highest BCUT2D eigenvalue weighted by atomic mass is 35.5. The molecule has 5 heteroatoms. The van der Waals surface area contributed by atoms with Gasteiger partial charge in [0.1, 0.15) is 5.82 Å². The molecule has 0 saturated heterocycles. The van der Waals surface area contributed by atoms with E-state index in [4.69, 9.17) is 4.74 Å². The van der Waals surface area contributed by atoms with Crippen LogP contribution >= 0.6 is 12.4 Å². The molecule has 0 heterocycles. The zero-order chi connectivity index (χ0) is 11.1. The summed E-state index contributed by atoms with van der Waals surface area (Å²) in [6.07, 6.45) is 0. The van der Waals surface area contributed by atoms with Crippen LogP contribution in [0.5, 0.6) is 0 Å². The van der Waals surface area contributed by atoms with E-state index in [-0.39, 0.29) is 30.7 Å². The number of halogens is 2. The second-order valence-electron chi connectivity index (χ2n) is 3.04. The number of hydrogen-bond donors (Lipinski definition) is 1. The normalized spacial score (nSPS) is 9.38. The molecule has 16 heavy (non-hydrogen) atoms. The van der Waals surface area contributed by atoms with Gasteiger partial charge in [-0.05, 0) is 24.6 Å². The van der Waals surface area contributed by atoms with Gasteiger partial charge in [-0.25, -0.2) is 4.39 Å². The summed E-state index contributed by atoms with van der Waals surface area (Å²) in [5.41, 5.74) is 0.931. The number of benzene rings is 1. The maximum absolute atomic E-state index is 12.5. The summed E-state index contributed by atoms with van der Waals surface area (Å²) in [5.74, 6) is -0.538. The first-order valence-electron chi connectivity index (χ1n) is 4.83. The SMILES string of the molecule is CCOC(=O)CNCc1ccc(F)cc1.Cl. The molecule has 0 aliphatic heterocycles. The lowest BCUT2D eigenvalue weighted by Crippen LogP contribution is -2.24. The summed E-state index contributed by atoms with van der Waals surface area (Å²) >= 11 is 0. The molecule has 0 amide bonds. The monoisotopic (exact) mass is 247 g/mol. The minimum Gasteiger partial charge on any atom is -0.465 e. The molecule has 0 atom stereocenters. The molecule has 3 nitrogen and oxygen atoms in total. The largest absolute Gasteiger partial charge is 0.465 e. The minimum atomic E-state index is -0.278. The number of esters is 1. The molecule has 0 aliphatic carbocycles. The smallest absolute Gasteiger partial charge is 0.319 e. The van der Waals surface area contributed by atoms with Gasteiger partial charge in [-0.3, -0.25) is 4.79 Å². The van der Waals surface area contributed by atoms with E-state index in [0.29, 0.717) is 13.2 Å².